The topological polar surface area (TPSA) is 63.7 Å². The number of nitrogens with one attached hydrogen (secondary N) is 1. The van der Waals surface area contributed by atoms with Gasteiger partial charge in [0.25, 0.3) is 0 Å². The van der Waals surface area contributed by atoms with Gasteiger partial charge in [-0.05, 0) is 51.9 Å². The summed E-state index contributed by atoms with van der Waals surface area (Å²) in [6, 6.07) is 30.7. The minimum Gasteiger partial charge on any atom is -0.679 e. The molecule has 0 bridgehead atoms. The fourth-order valence-corrected chi connectivity index (χ4v) is 3.58. The van der Waals surface area contributed by atoms with E-state index in [1.165, 1.54) is 27.1 Å². The first-order valence-electron chi connectivity index (χ1n) is 10.4. The minimum absolute atomic E-state index is 0. The van der Waals surface area contributed by atoms with Crippen LogP contribution in [-0.2, 0) is 27.6 Å². The summed E-state index contributed by atoms with van der Waals surface area (Å²) in [5, 5.41) is 9.54. The Labute approximate surface area is 203 Å². The molecule has 0 aliphatic carbocycles. The number of hydrogen-bond acceptors (Lipinski definition) is 2. The second-order valence-corrected chi connectivity index (χ2v) is 7.08. The summed E-state index contributed by atoms with van der Waals surface area (Å²) in [5.74, 6) is 0. The Morgan fingerprint density at radius 3 is 1.62 bits per heavy atom. The zero-order valence-corrected chi connectivity index (χ0v) is 19.9. The predicted molar refractivity (Wildman–Crippen MR) is 130 cm³/mol. The van der Waals surface area contributed by atoms with Crippen LogP contribution in [0.4, 0.5) is 0 Å². The molecule has 3 aromatic carbocycles. The minimum atomic E-state index is 0. The molecule has 162 valence electrons. The number of hydrogen-bond donors (Lipinski definition) is 0. The van der Waals surface area contributed by atoms with E-state index in [0.29, 0.717) is 19.6 Å². The Kier molecular flexibility index (Phi) is 9.06. The monoisotopic (exact) mass is 599 g/mol. The number of rotatable bonds is 5. The fraction of sp³-hybridized carbons (Fsp3) is 0.111. The van der Waals surface area contributed by atoms with Crippen molar-refractivity contribution in [2.75, 3.05) is 13.1 Å². The van der Waals surface area contributed by atoms with E-state index in [4.69, 9.17) is 5.73 Å². The Balaban J connectivity index is 0.000000193. The molecule has 2 heterocycles. The number of pyridine rings is 2. The van der Waals surface area contributed by atoms with Crippen molar-refractivity contribution in [2.45, 2.75) is 6.54 Å². The van der Waals surface area contributed by atoms with Gasteiger partial charge in [-0.15, -0.1) is 6.54 Å². The van der Waals surface area contributed by atoms with Gasteiger partial charge in [0.05, 0.1) is 11.4 Å². The van der Waals surface area contributed by atoms with Crippen molar-refractivity contribution in [3.8, 4) is 11.4 Å². The number of fused-ring (bicyclic) bond motifs is 2. The molecule has 0 unspecified atom stereocenters. The molecule has 0 saturated heterocycles. The molecule has 0 aliphatic rings. The molecule has 0 aliphatic heterocycles. The average molecular weight is 600 g/mol. The van der Waals surface area contributed by atoms with Gasteiger partial charge in [-0.25, -0.2) is 0 Å². The van der Waals surface area contributed by atoms with Gasteiger partial charge in [0.2, 0.25) is 0 Å². The van der Waals surface area contributed by atoms with Crippen molar-refractivity contribution in [1.82, 2.24) is 9.97 Å². The summed E-state index contributed by atoms with van der Waals surface area (Å²) in [4.78, 5) is 8.37. The van der Waals surface area contributed by atoms with Crippen LogP contribution < -0.4 is 0 Å². The van der Waals surface area contributed by atoms with Crippen LogP contribution in [0.15, 0.2) is 103 Å². The van der Waals surface area contributed by atoms with E-state index < -0.39 is 0 Å². The van der Waals surface area contributed by atoms with Crippen molar-refractivity contribution in [2.24, 2.45) is 0 Å². The normalized spacial score (nSPS) is 10.3. The first-order chi connectivity index (χ1) is 15.4. The van der Waals surface area contributed by atoms with E-state index in [1.54, 1.807) is 12.4 Å². The summed E-state index contributed by atoms with van der Waals surface area (Å²) in [5.41, 5.74) is 10.3. The van der Waals surface area contributed by atoms with E-state index in [1.807, 2.05) is 36.4 Å². The second kappa shape index (κ2) is 12.2. The molecule has 0 amide bonds. The first-order valence-corrected chi connectivity index (χ1v) is 10.4. The van der Waals surface area contributed by atoms with Crippen LogP contribution in [0.2, 0.25) is 0 Å². The molecule has 1 N–H and O–H groups in total. The van der Waals surface area contributed by atoms with Crippen LogP contribution in [0.3, 0.4) is 0 Å². The third kappa shape index (κ3) is 5.86. The molecule has 0 radical (unpaired) electrons. The van der Waals surface area contributed by atoms with E-state index in [0.717, 1.165) is 11.4 Å². The molecule has 4 nitrogen and oxygen atoms in total. The number of nitrogens with zero attached hydrogens (tertiary/aromatic N) is 3. The largest absolute Gasteiger partial charge is 2.00 e. The van der Waals surface area contributed by atoms with Gasteiger partial charge in [-0.3, -0.25) is 9.97 Å². The summed E-state index contributed by atoms with van der Waals surface area (Å²) in [7, 11) is 0. The molecular formula is C27H24N4Pt. The van der Waals surface area contributed by atoms with Crippen molar-refractivity contribution in [3.05, 3.63) is 120 Å². The van der Waals surface area contributed by atoms with Crippen LogP contribution in [-0.4, -0.2) is 23.1 Å². The van der Waals surface area contributed by atoms with Gasteiger partial charge >= 0.3 is 21.1 Å². The molecule has 5 rings (SSSR count). The Morgan fingerprint density at radius 1 is 0.656 bits per heavy atom. The van der Waals surface area contributed by atoms with Crippen molar-refractivity contribution < 1.29 is 21.1 Å². The fourth-order valence-electron chi connectivity index (χ4n) is 3.58. The maximum Gasteiger partial charge on any atom is 2.00 e. The van der Waals surface area contributed by atoms with E-state index in [-0.39, 0.29) is 21.1 Å². The maximum absolute atomic E-state index is 7.20. The zero-order valence-electron chi connectivity index (χ0n) is 17.6. The summed E-state index contributed by atoms with van der Waals surface area (Å²) < 4.78 is 0. The van der Waals surface area contributed by atoms with Crippen LogP contribution in [0, 0.1) is 0 Å². The van der Waals surface area contributed by atoms with E-state index >= 15 is 0 Å². The zero-order chi connectivity index (χ0) is 21.3. The van der Waals surface area contributed by atoms with Crippen LogP contribution >= 0.6 is 0 Å². The van der Waals surface area contributed by atoms with Crippen molar-refractivity contribution >= 4 is 21.5 Å². The van der Waals surface area contributed by atoms with Gasteiger partial charge in [0.1, 0.15) is 0 Å². The van der Waals surface area contributed by atoms with Crippen LogP contribution in [0.1, 0.15) is 5.56 Å². The summed E-state index contributed by atoms with van der Waals surface area (Å²) in [6.07, 6.45) is 3.54. The van der Waals surface area contributed by atoms with Gasteiger partial charge in [0.15, 0.2) is 0 Å². The average Bonchev–Trinajstić information content (AvgIpc) is 2.85. The quantitative estimate of drug-likeness (QED) is 0.160. The second-order valence-electron chi connectivity index (χ2n) is 7.08. The van der Waals surface area contributed by atoms with Gasteiger partial charge in [-0.1, -0.05) is 66.2 Å². The summed E-state index contributed by atoms with van der Waals surface area (Å²) in [6.45, 7) is 1.67. The molecule has 5 aromatic rings. The van der Waals surface area contributed by atoms with E-state index in [2.05, 4.69) is 69.9 Å². The predicted octanol–water partition coefficient (Wildman–Crippen LogP) is 7.06. The molecule has 0 atom stereocenters. The number of aromatic nitrogens is 2. The first kappa shape index (κ1) is 23.7. The Hall–Kier alpha value is -2.91. The summed E-state index contributed by atoms with van der Waals surface area (Å²) >= 11 is 0. The van der Waals surface area contributed by atoms with Crippen LogP contribution in [0.5, 0.6) is 0 Å². The molecule has 0 spiro atoms. The molecule has 32 heavy (non-hydrogen) atoms. The Morgan fingerprint density at radius 2 is 1.16 bits per heavy atom. The third-order valence-electron chi connectivity index (χ3n) is 5.01. The standard InChI is InChI=1S/C17H16N2.C10H8N2.Pt/c18-9-10-19-12-17-15-7-3-1-5-13(15)11-14-6-2-4-8-16(14)17;1-3-7-11-9(5-1)10-6-2-4-8-12-10;/h1-8,11,18H,9-10,12H2;1-8H;/q-2;;+2. The molecule has 0 fully saturated rings. The van der Waals surface area contributed by atoms with Crippen LogP contribution in [0.25, 0.3) is 44.0 Å². The van der Waals surface area contributed by atoms with Gasteiger partial charge < -0.3 is 11.1 Å². The van der Waals surface area contributed by atoms with Crippen molar-refractivity contribution in [3.63, 3.8) is 0 Å². The molecule has 2 aromatic heterocycles. The molecule has 5 heteroatoms. The van der Waals surface area contributed by atoms with E-state index in [9.17, 15) is 0 Å². The molecule has 0 saturated carbocycles. The Bertz CT molecular complexity index is 1150. The third-order valence-corrected chi connectivity index (χ3v) is 5.01. The van der Waals surface area contributed by atoms with Gasteiger partial charge in [-0.2, -0.15) is 13.1 Å². The SMILES string of the molecule is [NH-]CC[N-]Cc1c2ccccc2cc2ccccc12.[Pt+2].c1ccc(-c2ccccn2)nc1. The maximum atomic E-state index is 7.20. The smallest absolute Gasteiger partial charge is 0.679 e. The molecular weight excluding hydrogens is 575 g/mol. The van der Waals surface area contributed by atoms with Crippen molar-refractivity contribution in [1.29, 1.82) is 0 Å². The number of benzene rings is 3. The van der Waals surface area contributed by atoms with Gasteiger partial charge in [0, 0.05) is 12.4 Å².